The van der Waals surface area contributed by atoms with Crippen LogP contribution < -0.4 is 10.6 Å². The van der Waals surface area contributed by atoms with Gasteiger partial charge in [0.2, 0.25) is 11.8 Å². The van der Waals surface area contributed by atoms with Gasteiger partial charge in [0.15, 0.2) is 0 Å². The second kappa shape index (κ2) is 7.07. The first kappa shape index (κ1) is 15.3. The minimum absolute atomic E-state index is 0.0125. The maximum Gasteiger partial charge on any atom is 0.242 e. The Labute approximate surface area is 121 Å². The Morgan fingerprint density at radius 1 is 1.25 bits per heavy atom. The highest BCUT2D eigenvalue weighted by atomic mass is 16.2. The lowest BCUT2D eigenvalue weighted by Gasteiger charge is -2.24. The second-order valence-electron chi connectivity index (χ2n) is 6.48. The van der Waals surface area contributed by atoms with Gasteiger partial charge in [-0.3, -0.25) is 9.59 Å². The van der Waals surface area contributed by atoms with Gasteiger partial charge in [0, 0.05) is 31.6 Å². The third-order valence-electron chi connectivity index (χ3n) is 4.26. The highest BCUT2D eigenvalue weighted by Crippen LogP contribution is 2.20. The topological polar surface area (TPSA) is 61.4 Å². The van der Waals surface area contributed by atoms with Crippen molar-refractivity contribution in [3.8, 4) is 0 Å². The number of nitrogens with one attached hydrogen (secondary N) is 2. The zero-order chi connectivity index (χ0) is 14.5. The first-order chi connectivity index (χ1) is 9.54. The number of hydrogen-bond acceptors (Lipinski definition) is 3. The number of amides is 2. The van der Waals surface area contributed by atoms with E-state index in [9.17, 15) is 9.59 Å². The van der Waals surface area contributed by atoms with Gasteiger partial charge in [-0.1, -0.05) is 13.8 Å². The van der Waals surface area contributed by atoms with E-state index in [4.69, 9.17) is 0 Å². The van der Waals surface area contributed by atoms with E-state index < -0.39 is 0 Å². The zero-order valence-corrected chi connectivity index (χ0v) is 12.7. The van der Waals surface area contributed by atoms with Gasteiger partial charge in [0.05, 0.1) is 6.54 Å². The molecule has 5 nitrogen and oxygen atoms in total. The lowest BCUT2D eigenvalue weighted by Crippen LogP contribution is -2.44. The molecule has 2 aliphatic rings. The normalized spacial score (nSPS) is 25.6. The molecule has 2 amide bonds. The Kier molecular flexibility index (Phi) is 5.40. The van der Waals surface area contributed by atoms with Crippen molar-refractivity contribution in [2.75, 3.05) is 19.6 Å². The van der Waals surface area contributed by atoms with Gasteiger partial charge in [0.1, 0.15) is 0 Å². The minimum atomic E-state index is -0.0125. The molecule has 2 bridgehead atoms. The van der Waals surface area contributed by atoms with E-state index in [2.05, 4.69) is 24.5 Å². The standard InChI is InChI=1S/C15H27N3O2/c1-11(2)3-6-14(19)16-9-15(20)18-8-7-12-4-5-13(10-18)17-12/h11-13,17H,3-10H2,1-2H3,(H,16,19). The third kappa shape index (κ3) is 4.47. The fraction of sp³-hybridized carbons (Fsp3) is 0.867. The van der Waals surface area contributed by atoms with E-state index >= 15 is 0 Å². The van der Waals surface area contributed by atoms with Crippen LogP contribution >= 0.6 is 0 Å². The van der Waals surface area contributed by atoms with Crippen molar-refractivity contribution in [3.63, 3.8) is 0 Å². The average Bonchev–Trinajstić information content (AvgIpc) is 2.73. The van der Waals surface area contributed by atoms with Crippen molar-refractivity contribution in [1.29, 1.82) is 0 Å². The molecule has 0 saturated carbocycles. The molecule has 2 fully saturated rings. The predicted molar refractivity (Wildman–Crippen MR) is 78.2 cm³/mol. The number of rotatable bonds is 5. The van der Waals surface area contributed by atoms with Crippen molar-refractivity contribution in [1.82, 2.24) is 15.5 Å². The Balaban J connectivity index is 1.70. The predicted octanol–water partition coefficient (Wildman–Crippen LogP) is 0.892. The number of likely N-dealkylation sites (tertiary alicyclic amines) is 1. The molecule has 0 aromatic rings. The summed E-state index contributed by atoms with van der Waals surface area (Å²) in [6.07, 6.45) is 4.81. The molecular formula is C15H27N3O2. The fourth-order valence-electron chi connectivity index (χ4n) is 2.96. The number of nitrogens with zero attached hydrogens (tertiary/aromatic N) is 1. The summed E-state index contributed by atoms with van der Waals surface area (Å²) in [5, 5.41) is 6.30. The SMILES string of the molecule is CC(C)CCC(=O)NCC(=O)N1CCC2CCC(C1)N2. The molecule has 2 N–H and O–H groups in total. The summed E-state index contributed by atoms with van der Waals surface area (Å²) in [4.78, 5) is 25.7. The van der Waals surface area contributed by atoms with Crippen LogP contribution in [0, 0.1) is 5.92 Å². The molecule has 2 atom stereocenters. The van der Waals surface area contributed by atoms with Gasteiger partial charge >= 0.3 is 0 Å². The van der Waals surface area contributed by atoms with E-state index in [0.717, 1.165) is 32.4 Å². The maximum absolute atomic E-state index is 12.2. The highest BCUT2D eigenvalue weighted by Gasteiger charge is 2.30. The van der Waals surface area contributed by atoms with Crippen LogP contribution in [-0.2, 0) is 9.59 Å². The number of fused-ring (bicyclic) bond motifs is 2. The van der Waals surface area contributed by atoms with Gasteiger partial charge in [-0.2, -0.15) is 0 Å². The zero-order valence-electron chi connectivity index (χ0n) is 12.7. The molecule has 0 radical (unpaired) electrons. The van der Waals surface area contributed by atoms with Crippen LogP contribution in [0.3, 0.4) is 0 Å². The molecule has 0 aliphatic carbocycles. The van der Waals surface area contributed by atoms with Crippen LogP contribution in [0.1, 0.15) is 46.0 Å². The van der Waals surface area contributed by atoms with Crippen LogP contribution in [0.25, 0.3) is 0 Å². The Bertz CT molecular complexity index is 357. The molecule has 2 unspecified atom stereocenters. The van der Waals surface area contributed by atoms with E-state index in [1.54, 1.807) is 0 Å². The molecule has 5 heteroatoms. The molecule has 2 heterocycles. The van der Waals surface area contributed by atoms with Crippen LogP contribution in [-0.4, -0.2) is 48.4 Å². The molecule has 2 aliphatic heterocycles. The van der Waals surface area contributed by atoms with Gasteiger partial charge in [-0.15, -0.1) is 0 Å². The molecular weight excluding hydrogens is 254 g/mol. The number of carbonyl (C=O) groups excluding carboxylic acids is 2. The van der Waals surface area contributed by atoms with Crippen LogP contribution in [0.15, 0.2) is 0 Å². The van der Waals surface area contributed by atoms with Crippen molar-refractivity contribution < 1.29 is 9.59 Å². The first-order valence-electron chi connectivity index (χ1n) is 7.85. The number of carbonyl (C=O) groups is 2. The van der Waals surface area contributed by atoms with Crippen LogP contribution in [0.5, 0.6) is 0 Å². The molecule has 0 aromatic carbocycles. The Morgan fingerprint density at radius 2 is 2.00 bits per heavy atom. The second-order valence-corrected chi connectivity index (χ2v) is 6.48. The summed E-state index contributed by atoms with van der Waals surface area (Å²) in [6.45, 7) is 5.94. The third-order valence-corrected chi connectivity index (χ3v) is 4.26. The smallest absolute Gasteiger partial charge is 0.242 e. The summed E-state index contributed by atoms with van der Waals surface area (Å²) in [7, 11) is 0. The summed E-state index contributed by atoms with van der Waals surface area (Å²) in [5.41, 5.74) is 0. The van der Waals surface area contributed by atoms with Gasteiger partial charge in [-0.05, 0) is 31.6 Å². The maximum atomic E-state index is 12.2. The molecule has 0 aromatic heterocycles. The van der Waals surface area contributed by atoms with E-state index in [1.807, 2.05) is 4.90 Å². The Hall–Kier alpha value is -1.10. The van der Waals surface area contributed by atoms with Crippen LogP contribution in [0.4, 0.5) is 0 Å². The van der Waals surface area contributed by atoms with Gasteiger partial charge < -0.3 is 15.5 Å². The molecule has 114 valence electrons. The largest absolute Gasteiger partial charge is 0.347 e. The molecule has 0 spiro atoms. The summed E-state index contributed by atoms with van der Waals surface area (Å²) in [6, 6.07) is 1.03. The van der Waals surface area contributed by atoms with Crippen molar-refractivity contribution in [3.05, 3.63) is 0 Å². The molecule has 2 rings (SSSR count). The van der Waals surface area contributed by atoms with Crippen LogP contribution in [0.2, 0.25) is 0 Å². The lowest BCUT2D eigenvalue weighted by molar-refractivity contribution is -0.133. The fourth-order valence-corrected chi connectivity index (χ4v) is 2.96. The summed E-state index contributed by atoms with van der Waals surface area (Å²) in [5.74, 6) is 0.558. The highest BCUT2D eigenvalue weighted by molar-refractivity contribution is 5.84. The van der Waals surface area contributed by atoms with Gasteiger partial charge in [0.25, 0.3) is 0 Å². The summed E-state index contributed by atoms with van der Waals surface area (Å²) < 4.78 is 0. The van der Waals surface area contributed by atoms with E-state index in [-0.39, 0.29) is 18.4 Å². The quantitative estimate of drug-likeness (QED) is 0.787. The number of hydrogen-bond donors (Lipinski definition) is 2. The van der Waals surface area contributed by atoms with E-state index in [0.29, 0.717) is 24.4 Å². The summed E-state index contributed by atoms with van der Waals surface area (Å²) >= 11 is 0. The van der Waals surface area contributed by atoms with Crippen molar-refractivity contribution >= 4 is 11.8 Å². The van der Waals surface area contributed by atoms with Gasteiger partial charge in [-0.25, -0.2) is 0 Å². The van der Waals surface area contributed by atoms with E-state index in [1.165, 1.54) is 6.42 Å². The average molecular weight is 281 g/mol. The minimum Gasteiger partial charge on any atom is -0.347 e. The first-order valence-corrected chi connectivity index (χ1v) is 7.85. The molecule has 2 saturated heterocycles. The van der Waals surface area contributed by atoms with Crippen molar-refractivity contribution in [2.24, 2.45) is 5.92 Å². The molecule has 20 heavy (non-hydrogen) atoms. The van der Waals surface area contributed by atoms with Crippen molar-refractivity contribution in [2.45, 2.75) is 58.0 Å². The lowest BCUT2D eigenvalue weighted by atomic mass is 10.1. The Morgan fingerprint density at radius 3 is 2.75 bits per heavy atom. The monoisotopic (exact) mass is 281 g/mol.